The first-order chi connectivity index (χ1) is 8.86. The van der Waals surface area contributed by atoms with Gasteiger partial charge in [-0.3, -0.25) is 14.9 Å². The largest absolute Gasteiger partial charge is 0.396 e. The predicted molar refractivity (Wildman–Crippen MR) is 66.2 cm³/mol. The number of hydrogen-bond acceptors (Lipinski definition) is 4. The summed E-state index contributed by atoms with van der Waals surface area (Å²) in [6.07, 6.45) is 0. The van der Waals surface area contributed by atoms with E-state index in [4.69, 9.17) is 5.11 Å². The number of aliphatic hydroxyl groups is 1. The number of nitro benzene ring substituents is 1. The molecule has 6 nitrogen and oxygen atoms in total. The summed E-state index contributed by atoms with van der Waals surface area (Å²) in [6, 6.07) is 2.50. The lowest BCUT2D eigenvalue weighted by Gasteiger charge is -2.19. The minimum absolute atomic E-state index is 0.107. The summed E-state index contributed by atoms with van der Waals surface area (Å²) < 4.78 is 13.6. The Labute approximate surface area is 109 Å². The zero-order chi connectivity index (χ0) is 14.6. The van der Waals surface area contributed by atoms with Gasteiger partial charge in [0.1, 0.15) is 5.82 Å². The topological polar surface area (TPSA) is 92.5 Å². The van der Waals surface area contributed by atoms with Crippen LogP contribution in [0.25, 0.3) is 0 Å². The molecule has 0 aliphatic heterocycles. The van der Waals surface area contributed by atoms with Crippen molar-refractivity contribution in [3.63, 3.8) is 0 Å². The lowest BCUT2D eigenvalue weighted by molar-refractivity contribution is -0.385. The number of halogens is 1. The molecule has 0 aliphatic carbocycles. The molecule has 2 N–H and O–H groups in total. The van der Waals surface area contributed by atoms with Gasteiger partial charge in [0.25, 0.3) is 11.6 Å². The third-order valence-corrected chi connectivity index (χ3v) is 2.91. The van der Waals surface area contributed by atoms with Gasteiger partial charge in [0.05, 0.1) is 16.6 Å². The van der Waals surface area contributed by atoms with Crippen molar-refractivity contribution in [1.82, 2.24) is 5.32 Å². The number of hydrogen-bond donors (Lipinski definition) is 2. The number of nitrogens with zero attached hydrogens (tertiary/aromatic N) is 1. The third-order valence-electron chi connectivity index (χ3n) is 2.91. The van der Waals surface area contributed by atoms with Crippen LogP contribution in [0.1, 0.15) is 24.2 Å². The van der Waals surface area contributed by atoms with Crippen LogP contribution < -0.4 is 5.32 Å². The summed E-state index contributed by atoms with van der Waals surface area (Å²) in [5.41, 5.74) is -0.673. The monoisotopic (exact) mass is 270 g/mol. The second kappa shape index (κ2) is 6.24. The molecule has 0 radical (unpaired) electrons. The van der Waals surface area contributed by atoms with Gasteiger partial charge in [-0.05, 0) is 18.9 Å². The van der Waals surface area contributed by atoms with Crippen LogP contribution in [-0.2, 0) is 0 Å². The molecule has 2 atom stereocenters. The molecule has 104 valence electrons. The van der Waals surface area contributed by atoms with Gasteiger partial charge in [0.15, 0.2) is 0 Å². The van der Waals surface area contributed by atoms with Crippen LogP contribution >= 0.6 is 0 Å². The Morgan fingerprint density at radius 2 is 2.16 bits per heavy atom. The molecule has 0 saturated carbocycles. The Balaban J connectivity index is 2.86. The van der Waals surface area contributed by atoms with Gasteiger partial charge in [-0.2, -0.15) is 0 Å². The van der Waals surface area contributed by atoms with Crippen LogP contribution in [-0.4, -0.2) is 28.6 Å². The summed E-state index contributed by atoms with van der Waals surface area (Å²) in [4.78, 5) is 21.5. The second-order valence-corrected chi connectivity index (χ2v) is 4.34. The van der Waals surface area contributed by atoms with Gasteiger partial charge >= 0.3 is 0 Å². The number of nitro groups is 1. The Bertz CT molecular complexity index is 493. The van der Waals surface area contributed by atoms with Crippen LogP contribution in [0.15, 0.2) is 18.2 Å². The van der Waals surface area contributed by atoms with Gasteiger partial charge in [-0.25, -0.2) is 4.39 Å². The molecule has 0 fully saturated rings. The van der Waals surface area contributed by atoms with Crippen molar-refractivity contribution >= 4 is 11.6 Å². The zero-order valence-corrected chi connectivity index (χ0v) is 10.6. The van der Waals surface area contributed by atoms with Gasteiger partial charge in [0.2, 0.25) is 0 Å². The van der Waals surface area contributed by atoms with Crippen molar-refractivity contribution in [3.05, 3.63) is 39.7 Å². The van der Waals surface area contributed by atoms with Crippen molar-refractivity contribution in [2.24, 2.45) is 5.92 Å². The molecule has 0 bridgehead atoms. The van der Waals surface area contributed by atoms with E-state index >= 15 is 0 Å². The molecule has 2 unspecified atom stereocenters. The van der Waals surface area contributed by atoms with E-state index in [9.17, 15) is 19.3 Å². The van der Waals surface area contributed by atoms with E-state index in [0.29, 0.717) is 6.07 Å². The van der Waals surface area contributed by atoms with Gasteiger partial charge in [-0.1, -0.05) is 6.92 Å². The molecule has 1 amide bonds. The minimum Gasteiger partial charge on any atom is -0.396 e. The lowest BCUT2D eigenvalue weighted by Crippen LogP contribution is -2.38. The van der Waals surface area contributed by atoms with E-state index in [1.165, 1.54) is 0 Å². The average Bonchev–Trinajstić information content (AvgIpc) is 2.37. The van der Waals surface area contributed by atoms with Crippen molar-refractivity contribution in [2.45, 2.75) is 19.9 Å². The molecule has 0 aromatic heterocycles. The van der Waals surface area contributed by atoms with Crippen LogP contribution in [0, 0.1) is 21.8 Å². The third kappa shape index (κ3) is 3.72. The van der Waals surface area contributed by atoms with E-state index in [0.717, 1.165) is 12.1 Å². The van der Waals surface area contributed by atoms with Crippen molar-refractivity contribution < 1.29 is 19.2 Å². The maximum Gasteiger partial charge on any atom is 0.272 e. The molecule has 19 heavy (non-hydrogen) atoms. The Hall–Kier alpha value is -2.02. The number of amides is 1. The highest BCUT2D eigenvalue weighted by molar-refractivity contribution is 5.94. The second-order valence-electron chi connectivity index (χ2n) is 4.34. The normalized spacial score (nSPS) is 13.7. The molecule has 1 rings (SSSR count). The predicted octanol–water partition coefficient (Wildman–Crippen LogP) is 1.48. The molecule has 7 heteroatoms. The maximum atomic E-state index is 13.6. The number of rotatable bonds is 5. The Morgan fingerprint density at radius 3 is 2.63 bits per heavy atom. The highest BCUT2D eigenvalue weighted by Crippen LogP contribution is 2.16. The SMILES string of the molecule is CC(CO)C(C)NC(=O)c1ccc([N+](=O)[O-])cc1F. The molecule has 0 heterocycles. The summed E-state index contributed by atoms with van der Waals surface area (Å²) >= 11 is 0. The van der Waals surface area contributed by atoms with Crippen LogP contribution in [0.3, 0.4) is 0 Å². The molecular weight excluding hydrogens is 255 g/mol. The van der Waals surface area contributed by atoms with Crippen LogP contribution in [0.4, 0.5) is 10.1 Å². The fourth-order valence-corrected chi connectivity index (χ4v) is 1.39. The van der Waals surface area contributed by atoms with Crippen LogP contribution in [0.2, 0.25) is 0 Å². The summed E-state index contributed by atoms with van der Waals surface area (Å²) in [7, 11) is 0. The van der Waals surface area contributed by atoms with Crippen molar-refractivity contribution in [1.29, 1.82) is 0 Å². The molecule has 0 saturated heterocycles. The standard InChI is InChI=1S/C12H15FN2O4/c1-7(6-16)8(2)14-12(17)10-4-3-9(15(18)19)5-11(10)13/h3-5,7-8,16H,6H2,1-2H3,(H,14,17). The van der Waals surface area contributed by atoms with Gasteiger partial charge in [-0.15, -0.1) is 0 Å². The first-order valence-corrected chi connectivity index (χ1v) is 5.72. The minimum atomic E-state index is -0.949. The van der Waals surface area contributed by atoms with E-state index in [1.807, 2.05) is 0 Å². The number of nitrogens with one attached hydrogen (secondary N) is 1. The first kappa shape index (κ1) is 15.0. The summed E-state index contributed by atoms with van der Waals surface area (Å²) in [6.45, 7) is 3.31. The number of aliphatic hydroxyl groups excluding tert-OH is 1. The lowest BCUT2D eigenvalue weighted by atomic mass is 10.0. The highest BCUT2D eigenvalue weighted by atomic mass is 19.1. The number of benzene rings is 1. The number of non-ortho nitro benzene ring substituents is 1. The van der Waals surface area contributed by atoms with Crippen molar-refractivity contribution in [3.8, 4) is 0 Å². The molecular formula is C12H15FN2O4. The van der Waals surface area contributed by atoms with E-state index in [1.54, 1.807) is 13.8 Å². The highest BCUT2D eigenvalue weighted by Gasteiger charge is 2.19. The fraction of sp³-hybridized carbons (Fsp3) is 0.417. The Morgan fingerprint density at radius 1 is 1.53 bits per heavy atom. The average molecular weight is 270 g/mol. The number of carbonyl (C=O) groups is 1. The summed E-state index contributed by atoms with van der Waals surface area (Å²) in [5, 5.41) is 21.9. The molecule has 0 spiro atoms. The Kier molecular flexibility index (Phi) is 4.94. The smallest absolute Gasteiger partial charge is 0.272 e. The first-order valence-electron chi connectivity index (χ1n) is 5.72. The van der Waals surface area contributed by atoms with Crippen molar-refractivity contribution in [2.75, 3.05) is 6.61 Å². The molecule has 1 aromatic carbocycles. The van der Waals surface area contributed by atoms with E-state index in [2.05, 4.69) is 5.32 Å². The quantitative estimate of drug-likeness (QED) is 0.626. The maximum absolute atomic E-state index is 13.6. The fourth-order valence-electron chi connectivity index (χ4n) is 1.39. The van der Waals surface area contributed by atoms with Gasteiger partial charge in [0, 0.05) is 18.7 Å². The molecule has 1 aromatic rings. The van der Waals surface area contributed by atoms with E-state index in [-0.39, 0.29) is 24.1 Å². The van der Waals surface area contributed by atoms with E-state index < -0.39 is 22.3 Å². The number of carbonyl (C=O) groups excluding carboxylic acids is 1. The summed E-state index contributed by atoms with van der Waals surface area (Å²) in [5.74, 6) is -1.79. The van der Waals surface area contributed by atoms with Crippen LogP contribution in [0.5, 0.6) is 0 Å². The molecule has 0 aliphatic rings. The van der Waals surface area contributed by atoms with Gasteiger partial charge < -0.3 is 10.4 Å². The zero-order valence-electron chi connectivity index (χ0n) is 10.6.